The van der Waals surface area contributed by atoms with Gasteiger partial charge >= 0.3 is 0 Å². The maximum absolute atomic E-state index is 9.51. The van der Waals surface area contributed by atoms with Crippen molar-refractivity contribution in [1.29, 1.82) is 0 Å². The van der Waals surface area contributed by atoms with Gasteiger partial charge in [0.1, 0.15) is 0 Å². The van der Waals surface area contributed by atoms with Crippen molar-refractivity contribution < 1.29 is 14.9 Å². The Bertz CT molecular complexity index is 791. The lowest BCUT2D eigenvalue weighted by molar-refractivity contribution is 0.122. The van der Waals surface area contributed by atoms with E-state index < -0.39 is 0 Å². The first-order chi connectivity index (χ1) is 12.5. The largest absolute Gasteiger partial charge is 0.504 e. The second-order valence-corrected chi connectivity index (χ2v) is 5.87. The van der Waals surface area contributed by atoms with Crippen molar-refractivity contribution >= 4 is 24.1 Å². The fourth-order valence-electron chi connectivity index (χ4n) is 2.29. The molecule has 0 amide bonds. The average molecular weight is 359 g/mol. The molecule has 0 spiro atoms. The SMILES string of the molecule is CN(C)c1nc(NN=Cc2ccc(O)c(O)c2)nc(N2CCOCC2)n1. The number of phenols is 2. The van der Waals surface area contributed by atoms with Crippen molar-refractivity contribution in [3.63, 3.8) is 0 Å². The minimum Gasteiger partial charge on any atom is -0.504 e. The van der Waals surface area contributed by atoms with Crippen LogP contribution in [0.1, 0.15) is 5.56 Å². The van der Waals surface area contributed by atoms with Crippen LogP contribution in [0.5, 0.6) is 11.5 Å². The average Bonchev–Trinajstić information content (AvgIpc) is 2.65. The molecule has 2 heterocycles. The van der Waals surface area contributed by atoms with Gasteiger partial charge in [-0.1, -0.05) is 0 Å². The summed E-state index contributed by atoms with van der Waals surface area (Å²) in [6.07, 6.45) is 1.49. The van der Waals surface area contributed by atoms with Gasteiger partial charge < -0.3 is 24.7 Å². The topological polar surface area (TPSA) is 119 Å². The van der Waals surface area contributed by atoms with Crippen molar-refractivity contribution in [2.24, 2.45) is 5.10 Å². The summed E-state index contributed by atoms with van der Waals surface area (Å²) >= 11 is 0. The number of hydrogen-bond donors (Lipinski definition) is 3. The van der Waals surface area contributed by atoms with Gasteiger partial charge in [-0.3, -0.25) is 0 Å². The van der Waals surface area contributed by atoms with Crippen LogP contribution < -0.4 is 15.2 Å². The van der Waals surface area contributed by atoms with E-state index >= 15 is 0 Å². The van der Waals surface area contributed by atoms with Crippen molar-refractivity contribution in [3.05, 3.63) is 23.8 Å². The predicted octanol–water partition coefficient (Wildman–Crippen LogP) is 0.631. The smallest absolute Gasteiger partial charge is 0.250 e. The van der Waals surface area contributed by atoms with Crippen LogP contribution in [0, 0.1) is 0 Å². The summed E-state index contributed by atoms with van der Waals surface area (Å²) in [6.45, 7) is 2.70. The molecule has 2 aromatic rings. The van der Waals surface area contributed by atoms with Crippen LogP contribution in [-0.4, -0.2) is 71.8 Å². The zero-order valence-corrected chi connectivity index (χ0v) is 14.6. The van der Waals surface area contributed by atoms with Gasteiger partial charge in [0.25, 0.3) is 0 Å². The van der Waals surface area contributed by atoms with Gasteiger partial charge in [0.2, 0.25) is 17.8 Å². The fourth-order valence-corrected chi connectivity index (χ4v) is 2.29. The molecule has 10 nitrogen and oxygen atoms in total. The van der Waals surface area contributed by atoms with E-state index in [0.717, 1.165) is 0 Å². The Morgan fingerprint density at radius 1 is 1.15 bits per heavy atom. The molecule has 0 radical (unpaired) electrons. The number of hydrazone groups is 1. The first kappa shape index (κ1) is 17.7. The van der Waals surface area contributed by atoms with Crippen molar-refractivity contribution in [1.82, 2.24) is 15.0 Å². The third-order valence-corrected chi connectivity index (χ3v) is 3.68. The third kappa shape index (κ3) is 4.28. The molecule has 1 aliphatic rings. The molecule has 0 bridgehead atoms. The monoisotopic (exact) mass is 359 g/mol. The van der Waals surface area contributed by atoms with E-state index in [-0.39, 0.29) is 11.5 Å². The van der Waals surface area contributed by atoms with Gasteiger partial charge in [-0.25, -0.2) is 5.43 Å². The number of aromatic hydroxyl groups is 2. The molecule has 1 saturated heterocycles. The summed E-state index contributed by atoms with van der Waals surface area (Å²) in [6, 6.07) is 4.41. The Hall–Kier alpha value is -3.14. The third-order valence-electron chi connectivity index (χ3n) is 3.68. The summed E-state index contributed by atoms with van der Waals surface area (Å²) < 4.78 is 5.36. The van der Waals surface area contributed by atoms with E-state index in [2.05, 4.69) is 25.5 Å². The quantitative estimate of drug-likeness (QED) is 0.401. The zero-order chi connectivity index (χ0) is 18.5. The first-order valence-corrected chi connectivity index (χ1v) is 8.10. The second-order valence-electron chi connectivity index (χ2n) is 5.87. The van der Waals surface area contributed by atoms with Gasteiger partial charge in [0.05, 0.1) is 19.4 Å². The summed E-state index contributed by atoms with van der Waals surface area (Å²) in [5.74, 6) is 0.995. The van der Waals surface area contributed by atoms with Crippen LogP contribution >= 0.6 is 0 Å². The lowest BCUT2D eigenvalue weighted by Crippen LogP contribution is -2.37. The van der Waals surface area contributed by atoms with Crippen LogP contribution in [0.2, 0.25) is 0 Å². The predicted molar refractivity (Wildman–Crippen MR) is 98.2 cm³/mol. The van der Waals surface area contributed by atoms with Crippen molar-refractivity contribution in [2.45, 2.75) is 0 Å². The number of aromatic nitrogens is 3. The number of hydrogen-bond acceptors (Lipinski definition) is 10. The molecule has 26 heavy (non-hydrogen) atoms. The Morgan fingerprint density at radius 3 is 2.62 bits per heavy atom. The van der Waals surface area contributed by atoms with Crippen LogP contribution in [0.25, 0.3) is 0 Å². The number of phenolic OH excluding ortho intramolecular Hbond substituents is 2. The van der Waals surface area contributed by atoms with Crippen molar-refractivity contribution in [2.75, 3.05) is 55.6 Å². The Morgan fingerprint density at radius 2 is 1.92 bits per heavy atom. The van der Waals surface area contributed by atoms with Gasteiger partial charge in [0.15, 0.2) is 11.5 Å². The van der Waals surface area contributed by atoms with E-state index in [1.807, 2.05) is 19.0 Å². The zero-order valence-electron chi connectivity index (χ0n) is 14.6. The molecule has 0 atom stereocenters. The number of anilines is 3. The second kappa shape index (κ2) is 7.83. The maximum atomic E-state index is 9.51. The van der Waals surface area contributed by atoms with Crippen LogP contribution in [0.15, 0.2) is 23.3 Å². The van der Waals surface area contributed by atoms with Crippen LogP contribution in [0.3, 0.4) is 0 Å². The molecular weight excluding hydrogens is 338 g/mol. The molecule has 1 aromatic heterocycles. The summed E-state index contributed by atoms with van der Waals surface area (Å²) in [7, 11) is 3.70. The minimum absolute atomic E-state index is 0.182. The van der Waals surface area contributed by atoms with E-state index in [9.17, 15) is 10.2 Å². The van der Waals surface area contributed by atoms with Crippen LogP contribution in [-0.2, 0) is 4.74 Å². The summed E-state index contributed by atoms with van der Waals surface area (Å²) in [5.41, 5.74) is 3.39. The molecule has 3 N–H and O–H groups in total. The molecule has 3 rings (SSSR count). The molecule has 10 heteroatoms. The van der Waals surface area contributed by atoms with E-state index in [4.69, 9.17) is 4.74 Å². The van der Waals surface area contributed by atoms with E-state index in [1.54, 1.807) is 11.0 Å². The molecule has 0 unspecified atom stereocenters. The number of ether oxygens (including phenoxy) is 1. The highest BCUT2D eigenvalue weighted by molar-refractivity contribution is 5.81. The highest BCUT2D eigenvalue weighted by Crippen LogP contribution is 2.24. The summed E-state index contributed by atoms with van der Waals surface area (Å²) in [4.78, 5) is 17.0. The number of rotatable bonds is 5. The number of nitrogens with one attached hydrogen (secondary N) is 1. The highest BCUT2D eigenvalue weighted by atomic mass is 16.5. The van der Waals surface area contributed by atoms with E-state index in [0.29, 0.717) is 49.7 Å². The molecule has 1 aromatic carbocycles. The normalized spacial score (nSPS) is 14.6. The Balaban J connectivity index is 1.78. The number of morpholine rings is 1. The van der Waals surface area contributed by atoms with E-state index in [1.165, 1.54) is 18.3 Å². The number of benzene rings is 1. The van der Waals surface area contributed by atoms with Gasteiger partial charge in [-0.05, 0) is 23.8 Å². The van der Waals surface area contributed by atoms with Gasteiger partial charge in [0, 0.05) is 27.2 Å². The molecule has 1 aliphatic heterocycles. The number of nitrogens with zero attached hydrogens (tertiary/aromatic N) is 6. The molecule has 1 fully saturated rings. The van der Waals surface area contributed by atoms with Crippen molar-refractivity contribution in [3.8, 4) is 11.5 Å². The summed E-state index contributed by atoms with van der Waals surface area (Å²) in [5, 5.41) is 22.9. The molecular formula is C16H21N7O3. The van der Waals surface area contributed by atoms with Crippen LogP contribution in [0.4, 0.5) is 17.8 Å². The lowest BCUT2D eigenvalue weighted by atomic mass is 10.2. The Kier molecular flexibility index (Phi) is 5.32. The molecule has 0 aliphatic carbocycles. The minimum atomic E-state index is -0.210. The first-order valence-electron chi connectivity index (χ1n) is 8.10. The maximum Gasteiger partial charge on any atom is 0.250 e. The molecule has 138 valence electrons. The Labute approximate surface area is 150 Å². The highest BCUT2D eigenvalue weighted by Gasteiger charge is 2.17. The van der Waals surface area contributed by atoms with Gasteiger partial charge in [-0.2, -0.15) is 20.1 Å². The lowest BCUT2D eigenvalue weighted by Gasteiger charge is -2.27. The standard InChI is InChI=1S/C16H21N7O3/c1-22(2)15-18-14(19-16(20-15)23-5-7-26-8-6-23)21-17-10-11-3-4-12(24)13(25)9-11/h3-4,9-10,24-25H,5-8H2,1-2H3,(H,18,19,20,21). The molecule has 0 saturated carbocycles. The van der Waals surface area contributed by atoms with Gasteiger partial charge in [-0.15, -0.1) is 0 Å². The fraction of sp³-hybridized carbons (Fsp3) is 0.375.